The Morgan fingerprint density at radius 2 is 2.08 bits per heavy atom. The van der Waals surface area contributed by atoms with E-state index in [1.807, 2.05) is 0 Å². The molecule has 0 aromatic carbocycles. The molecule has 2 saturated heterocycles. The maximum atomic E-state index is 9.27. The van der Waals surface area contributed by atoms with Crippen molar-refractivity contribution in [3.8, 4) is 0 Å². The van der Waals surface area contributed by atoms with Crippen LogP contribution in [0.1, 0.15) is 39.0 Å². The second-order valence-electron chi connectivity index (χ2n) is 4.69. The predicted molar refractivity (Wildman–Crippen MR) is 53.6 cm³/mol. The van der Waals surface area contributed by atoms with Crippen LogP contribution in [0.4, 0.5) is 0 Å². The highest BCUT2D eigenvalue weighted by molar-refractivity contribution is 4.90. The summed E-state index contributed by atoms with van der Waals surface area (Å²) in [7, 11) is 0. The number of rotatable bonds is 1. The Morgan fingerprint density at radius 3 is 2.85 bits per heavy atom. The van der Waals surface area contributed by atoms with Crippen molar-refractivity contribution in [1.29, 1.82) is 0 Å². The molecule has 2 aliphatic rings. The first-order valence-electron chi connectivity index (χ1n) is 5.69. The maximum absolute atomic E-state index is 9.27. The molecule has 3 atom stereocenters. The quantitative estimate of drug-likeness (QED) is 0.668. The van der Waals surface area contributed by atoms with Crippen molar-refractivity contribution in [3.63, 3.8) is 0 Å². The highest BCUT2D eigenvalue weighted by Gasteiger charge is 2.35. The van der Waals surface area contributed by atoms with Gasteiger partial charge in [-0.25, -0.2) is 0 Å². The zero-order valence-corrected chi connectivity index (χ0v) is 8.58. The monoisotopic (exact) mass is 183 g/mol. The summed E-state index contributed by atoms with van der Waals surface area (Å²) in [5.41, 5.74) is 0. The van der Waals surface area contributed by atoms with E-state index in [1.54, 1.807) is 0 Å². The van der Waals surface area contributed by atoms with Crippen LogP contribution in [-0.4, -0.2) is 35.2 Å². The van der Waals surface area contributed by atoms with Gasteiger partial charge in [0, 0.05) is 12.1 Å². The molecule has 2 fully saturated rings. The molecule has 0 amide bonds. The van der Waals surface area contributed by atoms with E-state index >= 15 is 0 Å². The van der Waals surface area contributed by atoms with Gasteiger partial charge in [-0.3, -0.25) is 4.90 Å². The summed E-state index contributed by atoms with van der Waals surface area (Å²) in [6.07, 6.45) is 6.60. The third-order valence-electron chi connectivity index (χ3n) is 3.88. The normalized spacial score (nSPS) is 41.5. The van der Waals surface area contributed by atoms with E-state index in [-0.39, 0.29) is 0 Å². The zero-order valence-electron chi connectivity index (χ0n) is 8.58. The number of piperidine rings is 2. The van der Waals surface area contributed by atoms with Crippen LogP contribution in [0.3, 0.4) is 0 Å². The van der Waals surface area contributed by atoms with Crippen molar-refractivity contribution in [2.24, 2.45) is 5.92 Å². The molecule has 0 aromatic heterocycles. The second-order valence-corrected chi connectivity index (χ2v) is 4.69. The standard InChI is InChI=1S/C11H21NO/c1-9-5-6-10(8-13)12-7-3-2-4-11(9)12/h9-11,13H,2-8H2,1H3/t9-,10-,11-/m0/s1. The first-order valence-corrected chi connectivity index (χ1v) is 5.69. The fourth-order valence-electron chi connectivity index (χ4n) is 3.05. The fourth-order valence-corrected chi connectivity index (χ4v) is 3.05. The maximum Gasteiger partial charge on any atom is 0.0586 e. The third kappa shape index (κ3) is 1.75. The van der Waals surface area contributed by atoms with Crippen LogP contribution >= 0.6 is 0 Å². The summed E-state index contributed by atoms with van der Waals surface area (Å²) in [6, 6.07) is 1.25. The molecule has 76 valence electrons. The summed E-state index contributed by atoms with van der Waals surface area (Å²) in [4.78, 5) is 2.57. The first kappa shape index (κ1) is 9.47. The molecule has 2 nitrogen and oxygen atoms in total. The van der Waals surface area contributed by atoms with Gasteiger partial charge in [-0.15, -0.1) is 0 Å². The van der Waals surface area contributed by atoms with Crippen LogP contribution in [0.15, 0.2) is 0 Å². The summed E-state index contributed by atoms with van der Waals surface area (Å²) < 4.78 is 0. The highest BCUT2D eigenvalue weighted by Crippen LogP contribution is 2.33. The van der Waals surface area contributed by atoms with E-state index in [0.29, 0.717) is 12.6 Å². The Morgan fingerprint density at radius 1 is 1.23 bits per heavy atom. The Hall–Kier alpha value is -0.0800. The molecule has 0 aromatic rings. The van der Waals surface area contributed by atoms with Gasteiger partial charge < -0.3 is 5.11 Å². The van der Waals surface area contributed by atoms with Gasteiger partial charge >= 0.3 is 0 Å². The molecule has 2 heteroatoms. The van der Waals surface area contributed by atoms with E-state index < -0.39 is 0 Å². The molecule has 0 unspecified atom stereocenters. The zero-order chi connectivity index (χ0) is 9.26. The molecule has 0 saturated carbocycles. The summed E-state index contributed by atoms with van der Waals surface area (Å²) >= 11 is 0. The molecule has 0 aliphatic carbocycles. The first-order chi connectivity index (χ1) is 6.33. The van der Waals surface area contributed by atoms with E-state index in [1.165, 1.54) is 38.6 Å². The Kier molecular flexibility index (Phi) is 2.89. The molecule has 0 bridgehead atoms. The van der Waals surface area contributed by atoms with E-state index in [2.05, 4.69) is 11.8 Å². The molecular formula is C11H21NO. The summed E-state index contributed by atoms with van der Waals surface area (Å²) in [6.45, 7) is 3.96. The molecule has 1 N–H and O–H groups in total. The highest BCUT2D eigenvalue weighted by atomic mass is 16.3. The lowest BCUT2D eigenvalue weighted by Gasteiger charge is -2.47. The third-order valence-corrected chi connectivity index (χ3v) is 3.88. The average molecular weight is 183 g/mol. The Bertz CT molecular complexity index is 171. The van der Waals surface area contributed by atoms with Gasteiger partial charge in [-0.05, 0) is 38.1 Å². The van der Waals surface area contributed by atoms with Crippen molar-refractivity contribution in [1.82, 2.24) is 4.90 Å². The van der Waals surface area contributed by atoms with Crippen molar-refractivity contribution in [2.75, 3.05) is 13.2 Å². The van der Waals surface area contributed by atoms with Gasteiger partial charge in [0.1, 0.15) is 0 Å². The van der Waals surface area contributed by atoms with Crippen LogP contribution in [-0.2, 0) is 0 Å². The molecule has 2 aliphatic heterocycles. The lowest BCUT2D eigenvalue weighted by Crippen LogP contribution is -2.53. The molecule has 2 heterocycles. The van der Waals surface area contributed by atoms with Crippen LogP contribution in [0.25, 0.3) is 0 Å². The van der Waals surface area contributed by atoms with Crippen molar-refractivity contribution >= 4 is 0 Å². The smallest absolute Gasteiger partial charge is 0.0586 e. The van der Waals surface area contributed by atoms with E-state index in [9.17, 15) is 5.11 Å². The van der Waals surface area contributed by atoms with Gasteiger partial charge in [0.05, 0.1) is 6.61 Å². The number of hydrogen-bond acceptors (Lipinski definition) is 2. The van der Waals surface area contributed by atoms with E-state index in [4.69, 9.17) is 0 Å². The Balaban J connectivity index is 2.05. The molecule has 2 rings (SSSR count). The largest absolute Gasteiger partial charge is 0.395 e. The minimum Gasteiger partial charge on any atom is -0.395 e. The second kappa shape index (κ2) is 3.97. The SMILES string of the molecule is C[C@H]1CC[C@@H](CO)N2CCCC[C@@H]12. The minimum absolute atomic E-state index is 0.364. The number of hydrogen-bond donors (Lipinski definition) is 1. The lowest BCUT2D eigenvalue weighted by atomic mass is 9.82. The Labute approximate surface area is 80.9 Å². The minimum atomic E-state index is 0.364. The number of aliphatic hydroxyl groups is 1. The van der Waals surface area contributed by atoms with Gasteiger partial charge in [0.15, 0.2) is 0 Å². The van der Waals surface area contributed by atoms with E-state index in [0.717, 1.165) is 12.0 Å². The summed E-state index contributed by atoms with van der Waals surface area (Å²) in [5, 5.41) is 9.27. The molecular weight excluding hydrogens is 162 g/mol. The van der Waals surface area contributed by atoms with Crippen LogP contribution in [0.5, 0.6) is 0 Å². The van der Waals surface area contributed by atoms with Crippen molar-refractivity contribution < 1.29 is 5.11 Å². The average Bonchev–Trinajstić information content (AvgIpc) is 2.19. The number of fused-ring (bicyclic) bond motifs is 1. The van der Waals surface area contributed by atoms with Crippen LogP contribution in [0.2, 0.25) is 0 Å². The molecule has 0 radical (unpaired) electrons. The van der Waals surface area contributed by atoms with Gasteiger partial charge in [0.25, 0.3) is 0 Å². The number of aliphatic hydroxyl groups excluding tert-OH is 1. The number of nitrogens with zero attached hydrogens (tertiary/aromatic N) is 1. The van der Waals surface area contributed by atoms with Crippen LogP contribution < -0.4 is 0 Å². The molecule has 0 spiro atoms. The van der Waals surface area contributed by atoms with Gasteiger partial charge in [0.2, 0.25) is 0 Å². The fraction of sp³-hybridized carbons (Fsp3) is 1.00. The molecule has 13 heavy (non-hydrogen) atoms. The van der Waals surface area contributed by atoms with Crippen molar-refractivity contribution in [3.05, 3.63) is 0 Å². The predicted octanol–water partition coefficient (Wildman–Crippen LogP) is 1.63. The summed E-state index contributed by atoms with van der Waals surface area (Å²) in [5.74, 6) is 0.850. The lowest BCUT2D eigenvalue weighted by molar-refractivity contribution is -0.00581. The topological polar surface area (TPSA) is 23.5 Å². The van der Waals surface area contributed by atoms with Gasteiger partial charge in [-0.1, -0.05) is 13.3 Å². The van der Waals surface area contributed by atoms with Gasteiger partial charge in [-0.2, -0.15) is 0 Å². The van der Waals surface area contributed by atoms with Crippen molar-refractivity contribution in [2.45, 2.75) is 51.1 Å². The van der Waals surface area contributed by atoms with Crippen LogP contribution in [0, 0.1) is 5.92 Å².